The van der Waals surface area contributed by atoms with Crippen LogP contribution in [-0.2, 0) is 0 Å². The SMILES string of the molecule is N#CC(C#N)=C1c2ccccc2-c2ccccc21. The zero-order valence-electron chi connectivity index (χ0n) is 9.51. The summed E-state index contributed by atoms with van der Waals surface area (Å²) in [7, 11) is 0. The van der Waals surface area contributed by atoms with E-state index in [1.165, 1.54) is 0 Å². The van der Waals surface area contributed by atoms with Crippen molar-refractivity contribution in [2.45, 2.75) is 0 Å². The quantitative estimate of drug-likeness (QED) is 0.553. The molecule has 0 saturated carbocycles. The Morgan fingerprint density at radius 3 is 1.44 bits per heavy atom. The van der Waals surface area contributed by atoms with Crippen LogP contribution >= 0.6 is 0 Å². The summed E-state index contributed by atoms with van der Waals surface area (Å²) in [5, 5.41) is 18.2. The maximum atomic E-state index is 9.11. The Morgan fingerprint density at radius 1 is 0.667 bits per heavy atom. The molecule has 3 rings (SSSR count). The average Bonchev–Trinajstić information content (AvgIpc) is 2.76. The Balaban J connectivity index is 2.47. The normalized spacial score (nSPS) is 11.1. The lowest BCUT2D eigenvalue weighted by Gasteiger charge is -2.01. The van der Waals surface area contributed by atoms with E-state index in [4.69, 9.17) is 10.5 Å². The summed E-state index contributed by atoms with van der Waals surface area (Å²) in [5.41, 5.74) is 5.05. The van der Waals surface area contributed by atoms with Crippen molar-refractivity contribution in [3.8, 4) is 23.3 Å². The van der Waals surface area contributed by atoms with Crippen molar-refractivity contribution in [1.29, 1.82) is 10.5 Å². The van der Waals surface area contributed by atoms with E-state index in [1.54, 1.807) is 0 Å². The summed E-state index contributed by atoms with van der Waals surface area (Å²) in [6, 6.07) is 19.7. The minimum atomic E-state index is 0.174. The van der Waals surface area contributed by atoms with Crippen LogP contribution < -0.4 is 0 Å². The molecule has 0 heterocycles. The lowest BCUT2D eigenvalue weighted by atomic mass is 9.99. The van der Waals surface area contributed by atoms with E-state index in [9.17, 15) is 0 Å². The molecule has 0 radical (unpaired) electrons. The van der Waals surface area contributed by atoms with Crippen LogP contribution in [0.2, 0.25) is 0 Å². The molecule has 0 saturated heterocycles. The molecule has 1 aliphatic carbocycles. The summed E-state index contributed by atoms with van der Waals surface area (Å²) in [6.45, 7) is 0. The number of fused-ring (bicyclic) bond motifs is 3. The van der Waals surface area contributed by atoms with Gasteiger partial charge in [0.2, 0.25) is 0 Å². The lowest BCUT2D eigenvalue weighted by molar-refractivity contribution is 1.46. The van der Waals surface area contributed by atoms with Gasteiger partial charge in [-0.2, -0.15) is 10.5 Å². The number of hydrogen-bond acceptors (Lipinski definition) is 2. The van der Waals surface area contributed by atoms with Crippen LogP contribution in [0.25, 0.3) is 16.7 Å². The third-order valence-corrected chi connectivity index (χ3v) is 3.16. The fourth-order valence-electron chi connectivity index (χ4n) is 2.42. The molecule has 0 amide bonds. The molecule has 1 aliphatic rings. The van der Waals surface area contributed by atoms with Gasteiger partial charge < -0.3 is 0 Å². The molecule has 2 aromatic carbocycles. The minimum Gasteiger partial charge on any atom is -0.192 e. The third-order valence-electron chi connectivity index (χ3n) is 3.16. The summed E-state index contributed by atoms with van der Waals surface area (Å²) in [5.74, 6) is 0. The molecule has 0 aliphatic heterocycles. The predicted octanol–water partition coefficient (Wildman–Crippen LogP) is 3.52. The van der Waals surface area contributed by atoms with Gasteiger partial charge in [-0.1, -0.05) is 48.5 Å². The molecule has 0 bridgehead atoms. The van der Waals surface area contributed by atoms with Gasteiger partial charge in [0.15, 0.2) is 0 Å². The highest BCUT2D eigenvalue weighted by Gasteiger charge is 2.25. The topological polar surface area (TPSA) is 47.6 Å². The molecule has 82 valence electrons. The van der Waals surface area contributed by atoms with Gasteiger partial charge in [0.25, 0.3) is 0 Å². The molecule has 18 heavy (non-hydrogen) atoms. The fourth-order valence-corrected chi connectivity index (χ4v) is 2.42. The van der Waals surface area contributed by atoms with Gasteiger partial charge in [-0.3, -0.25) is 0 Å². The number of nitriles is 2. The van der Waals surface area contributed by atoms with Gasteiger partial charge in [0, 0.05) is 5.57 Å². The first-order chi connectivity index (χ1) is 8.86. The van der Waals surface area contributed by atoms with Gasteiger partial charge in [-0.05, 0) is 22.3 Å². The highest BCUT2D eigenvalue weighted by Crippen LogP contribution is 2.45. The van der Waals surface area contributed by atoms with E-state index in [-0.39, 0.29) is 5.57 Å². The summed E-state index contributed by atoms with van der Waals surface area (Å²) in [6.07, 6.45) is 0. The Labute approximate surface area is 105 Å². The molecule has 0 spiro atoms. The molecule has 2 nitrogen and oxygen atoms in total. The second-order valence-corrected chi connectivity index (χ2v) is 4.06. The molecule has 0 aromatic heterocycles. The Hall–Kier alpha value is -2.84. The molecule has 2 aromatic rings. The van der Waals surface area contributed by atoms with Crippen molar-refractivity contribution in [3.63, 3.8) is 0 Å². The van der Waals surface area contributed by atoms with E-state index >= 15 is 0 Å². The second-order valence-electron chi connectivity index (χ2n) is 4.06. The maximum absolute atomic E-state index is 9.11. The lowest BCUT2D eigenvalue weighted by Crippen LogP contribution is -1.86. The monoisotopic (exact) mass is 228 g/mol. The van der Waals surface area contributed by atoms with E-state index in [0.29, 0.717) is 0 Å². The first kappa shape index (κ1) is 10.3. The van der Waals surface area contributed by atoms with Gasteiger partial charge >= 0.3 is 0 Å². The maximum Gasteiger partial charge on any atom is 0.138 e. The van der Waals surface area contributed by atoms with Gasteiger partial charge in [-0.15, -0.1) is 0 Å². The zero-order chi connectivity index (χ0) is 12.5. The van der Waals surface area contributed by atoms with Crippen LogP contribution in [0, 0.1) is 22.7 Å². The van der Waals surface area contributed by atoms with Crippen LogP contribution in [-0.4, -0.2) is 0 Å². The van der Waals surface area contributed by atoms with Gasteiger partial charge in [0.1, 0.15) is 17.7 Å². The molecular weight excluding hydrogens is 220 g/mol. The smallest absolute Gasteiger partial charge is 0.138 e. The van der Waals surface area contributed by atoms with Crippen molar-refractivity contribution >= 4 is 5.57 Å². The first-order valence-corrected chi connectivity index (χ1v) is 5.60. The van der Waals surface area contributed by atoms with Crippen molar-refractivity contribution in [2.24, 2.45) is 0 Å². The predicted molar refractivity (Wildman–Crippen MR) is 69.1 cm³/mol. The average molecular weight is 228 g/mol. The molecule has 0 atom stereocenters. The van der Waals surface area contributed by atoms with E-state index in [0.717, 1.165) is 27.8 Å². The number of benzene rings is 2. The highest BCUT2D eigenvalue weighted by atomic mass is 14.3. The van der Waals surface area contributed by atoms with Crippen molar-refractivity contribution < 1.29 is 0 Å². The van der Waals surface area contributed by atoms with Gasteiger partial charge in [0.05, 0.1) is 0 Å². The third kappa shape index (κ3) is 1.27. The molecule has 0 fully saturated rings. The largest absolute Gasteiger partial charge is 0.192 e. The summed E-state index contributed by atoms with van der Waals surface area (Å²) in [4.78, 5) is 0. The van der Waals surface area contributed by atoms with E-state index in [1.807, 2.05) is 60.7 Å². The molecule has 0 unspecified atom stereocenters. The van der Waals surface area contributed by atoms with Crippen LogP contribution in [0.4, 0.5) is 0 Å². The van der Waals surface area contributed by atoms with Crippen molar-refractivity contribution in [2.75, 3.05) is 0 Å². The number of hydrogen-bond donors (Lipinski definition) is 0. The van der Waals surface area contributed by atoms with Crippen molar-refractivity contribution in [1.82, 2.24) is 0 Å². The van der Waals surface area contributed by atoms with Crippen LogP contribution in [0.5, 0.6) is 0 Å². The summed E-state index contributed by atoms with van der Waals surface area (Å²) < 4.78 is 0. The van der Waals surface area contributed by atoms with E-state index < -0.39 is 0 Å². The van der Waals surface area contributed by atoms with E-state index in [2.05, 4.69) is 0 Å². The minimum absolute atomic E-state index is 0.174. The number of rotatable bonds is 0. The molecular formula is C16H8N2. The number of allylic oxidation sites excluding steroid dienone is 1. The highest BCUT2D eigenvalue weighted by molar-refractivity contribution is 6.03. The summed E-state index contributed by atoms with van der Waals surface area (Å²) >= 11 is 0. The number of nitrogens with zero attached hydrogens (tertiary/aromatic N) is 2. The Bertz CT molecular complexity index is 692. The van der Waals surface area contributed by atoms with Crippen LogP contribution in [0.15, 0.2) is 54.1 Å². The van der Waals surface area contributed by atoms with Crippen LogP contribution in [0.3, 0.4) is 0 Å². The molecule has 0 N–H and O–H groups in total. The van der Waals surface area contributed by atoms with Crippen molar-refractivity contribution in [3.05, 3.63) is 65.2 Å². The first-order valence-electron chi connectivity index (χ1n) is 5.60. The Kier molecular flexibility index (Phi) is 2.22. The van der Waals surface area contributed by atoms with Gasteiger partial charge in [-0.25, -0.2) is 0 Å². The Morgan fingerprint density at radius 2 is 1.06 bits per heavy atom. The zero-order valence-corrected chi connectivity index (χ0v) is 9.51. The van der Waals surface area contributed by atoms with Crippen LogP contribution in [0.1, 0.15) is 11.1 Å². The second kappa shape index (κ2) is 3.87. The standard InChI is InChI=1S/C16H8N2/c17-9-11(10-18)16-14-7-3-1-5-12(14)13-6-2-4-8-15(13)16/h1-8H. The molecule has 2 heteroatoms. The fraction of sp³-hybridized carbons (Fsp3) is 0.